The van der Waals surface area contributed by atoms with Gasteiger partial charge in [-0.2, -0.15) is 0 Å². The maximum Gasteiger partial charge on any atom is 0.188 e. The Bertz CT molecular complexity index is 436. The lowest BCUT2D eigenvalue weighted by Crippen LogP contribution is -2.38. The van der Waals surface area contributed by atoms with Crippen molar-refractivity contribution in [1.82, 2.24) is 15.5 Å². The molecule has 3 N–H and O–H groups in total. The van der Waals surface area contributed by atoms with Gasteiger partial charge in [0.05, 0.1) is 6.04 Å². The summed E-state index contributed by atoms with van der Waals surface area (Å²) in [6.07, 6.45) is 6.42. The average molecular weight is 375 g/mol. The van der Waals surface area contributed by atoms with Gasteiger partial charge in [0.15, 0.2) is 5.96 Å². The molecule has 24 heavy (non-hydrogen) atoms. The van der Waals surface area contributed by atoms with Gasteiger partial charge in [-0.05, 0) is 57.8 Å². The molecule has 1 aromatic rings. The molecule has 0 amide bonds. The van der Waals surface area contributed by atoms with E-state index in [0.29, 0.717) is 5.96 Å². The maximum absolute atomic E-state index is 7.95. The van der Waals surface area contributed by atoms with Gasteiger partial charge >= 0.3 is 0 Å². The number of nitrogens with one attached hydrogen (secondary N) is 3. The number of nitrogens with zero attached hydrogens (tertiary/aromatic N) is 1. The predicted octanol–water partition coefficient (Wildman–Crippen LogP) is 3.97. The minimum absolute atomic E-state index is 0. The van der Waals surface area contributed by atoms with Crippen LogP contribution in [-0.2, 0) is 0 Å². The summed E-state index contributed by atoms with van der Waals surface area (Å²) >= 11 is 0. The number of hydrogen-bond acceptors (Lipinski definition) is 2. The van der Waals surface area contributed by atoms with Gasteiger partial charge in [0.1, 0.15) is 0 Å². The lowest BCUT2D eigenvalue weighted by Gasteiger charge is -2.17. The number of unbranched alkanes of at least 4 members (excludes halogenated alkanes) is 2. The van der Waals surface area contributed by atoms with Crippen LogP contribution >= 0.6 is 24.8 Å². The molecule has 1 atom stereocenters. The van der Waals surface area contributed by atoms with Gasteiger partial charge in [-0.3, -0.25) is 5.41 Å². The van der Waals surface area contributed by atoms with Gasteiger partial charge in [0.2, 0.25) is 0 Å². The van der Waals surface area contributed by atoms with E-state index in [0.717, 1.165) is 13.0 Å². The molecule has 0 saturated carbocycles. The highest BCUT2D eigenvalue weighted by atomic mass is 35.5. The lowest BCUT2D eigenvalue weighted by atomic mass is 10.1. The third-order valence-corrected chi connectivity index (χ3v) is 4.31. The molecule has 4 nitrogen and oxygen atoms in total. The normalized spacial score (nSPS) is 15.0. The van der Waals surface area contributed by atoms with Gasteiger partial charge in [0.25, 0.3) is 0 Å². The molecule has 138 valence electrons. The second-order valence-corrected chi connectivity index (χ2v) is 6.19. The molecule has 2 rings (SSSR count). The molecule has 0 spiro atoms. The predicted molar refractivity (Wildman–Crippen MR) is 108 cm³/mol. The van der Waals surface area contributed by atoms with Crippen LogP contribution in [0.5, 0.6) is 0 Å². The fourth-order valence-electron chi connectivity index (χ4n) is 2.95. The Hall–Kier alpha value is -0.970. The molecule has 1 aliphatic rings. The van der Waals surface area contributed by atoms with Crippen LogP contribution in [0.1, 0.15) is 50.6 Å². The van der Waals surface area contributed by atoms with Crippen LogP contribution in [0.2, 0.25) is 0 Å². The van der Waals surface area contributed by atoms with E-state index >= 15 is 0 Å². The van der Waals surface area contributed by atoms with Gasteiger partial charge in [-0.15, -0.1) is 24.8 Å². The summed E-state index contributed by atoms with van der Waals surface area (Å²) in [6.45, 7) is 6.81. The van der Waals surface area contributed by atoms with E-state index in [1.807, 2.05) is 18.2 Å². The lowest BCUT2D eigenvalue weighted by molar-refractivity contribution is 0.328. The summed E-state index contributed by atoms with van der Waals surface area (Å²) < 4.78 is 0. The highest BCUT2D eigenvalue weighted by Crippen LogP contribution is 2.10. The third kappa shape index (κ3) is 8.76. The van der Waals surface area contributed by atoms with Crippen LogP contribution < -0.4 is 10.6 Å². The molecular formula is C18H32Cl2N4. The van der Waals surface area contributed by atoms with Gasteiger partial charge in [-0.1, -0.05) is 36.8 Å². The largest absolute Gasteiger partial charge is 0.357 e. The van der Waals surface area contributed by atoms with E-state index in [2.05, 4.69) is 34.6 Å². The minimum Gasteiger partial charge on any atom is -0.357 e. The van der Waals surface area contributed by atoms with Crippen LogP contribution in [0.15, 0.2) is 30.3 Å². The first-order chi connectivity index (χ1) is 10.8. The Morgan fingerprint density at radius 3 is 2.42 bits per heavy atom. The van der Waals surface area contributed by atoms with Crippen molar-refractivity contribution in [1.29, 1.82) is 5.41 Å². The summed E-state index contributed by atoms with van der Waals surface area (Å²) in [6, 6.07) is 10.4. The summed E-state index contributed by atoms with van der Waals surface area (Å²) in [7, 11) is 0. The Morgan fingerprint density at radius 1 is 1.08 bits per heavy atom. The van der Waals surface area contributed by atoms with E-state index in [-0.39, 0.29) is 30.9 Å². The number of guanidine groups is 1. The summed E-state index contributed by atoms with van der Waals surface area (Å²) in [4.78, 5) is 2.57. The van der Waals surface area contributed by atoms with Gasteiger partial charge < -0.3 is 15.5 Å². The minimum atomic E-state index is 0. The van der Waals surface area contributed by atoms with Crippen LogP contribution in [0, 0.1) is 5.41 Å². The van der Waals surface area contributed by atoms with Crippen molar-refractivity contribution in [3.05, 3.63) is 35.9 Å². The number of benzene rings is 1. The molecule has 1 unspecified atom stereocenters. The Kier molecular flexibility index (Phi) is 12.8. The van der Waals surface area contributed by atoms with Crippen LogP contribution in [0.3, 0.4) is 0 Å². The zero-order valence-corrected chi connectivity index (χ0v) is 16.2. The fourth-order valence-corrected chi connectivity index (χ4v) is 2.95. The van der Waals surface area contributed by atoms with Gasteiger partial charge in [-0.25, -0.2) is 0 Å². The van der Waals surface area contributed by atoms with Crippen LogP contribution in [-0.4, -0.2) is 37.0 Å². The first kappa shape index (κ1) is 23.0. The fraction of sp³-hybridized carbons (Fsp3) is 0.611. The molecule has 6 heteroatoms. The quantitative estimate of drug-likeness (QED) is 0.366. The SMILES string of the molecule is CC(NC(=N)NCCCCCN1CCCC1)c1ccccc1.Cl.Cl. The van der Waals surface area contributed by atoms with Crippen molar-refractivity contribution in [2.45, 2.75) is 45.1 Å². The monoisotopic (exact) mass is 374 g/mol. The Morgan fingerprint density at radius 2 is 1.75 bits per heavy atom. The molecule has 1 saturated heterocycles. The maximum atomic E-state index is 7.95. The molecule has 0 aliphatic carbocycles. The molecule has 1 fully saturated rings. The third-order valence-electron chi connectivity index (χ3n) is 4.31. The van der Waals surface area contributed by atoms with E-state index in [9.17, 15) is 0 Å². The number of likely N-dealkylation sites (tertiary alicyclic amines) is 1. The smallest absolute Gasteiger partial charge is 0.188 e. The second-order valence-electron chi connectivity index (χ2n) is 6.19. The summed E-state index contributed by atoms with van der Waals surface area (Å²) in [5.74, 6) is 0.427. The van der Waals surface area contributed by atoms with Crippen molar-refractivity contribution >= 4 is 30.8 Å². The van der Waals surface area contributed by atoms with E-state index < -0.39 is 0 Å². The number of hydrogen-bond donors (Lipinski definition) is 3. The standard InChI is InChI=1S/C18H30N4.2ClH/c1-16(17-10-4-2-5-11-17)21-18(19)20-12-6-3-7-13-22-14-8-9-15-22;;/h2,4-5,10-11,16H,3,6-9,12-15H2,1H3,(H3,19,20,21);2*1H. The topological polar surface area (TPSA) is 51.2 Å². The molecule has 0 aromatic heterocycles. The molecule has 1 aromatic carbocycles. The van der Waals surface area contributed by atoms with E-state index in [4.69, 9.17) is 5.41 Å². The van der Waals surface area contributed by atoms with E-state index in [1.165, 1.54) is 50.9 Å². The van der Waals surface area contributed by atoms with E-state index in [1.54, 1.807) is 0 Å². The Labute approximate surface area is 159 Å². The van der Waals surface area contributed by atoms with Crippen molar-refractivity contribution in [2.75, 3.05) is 26.2 Å². The zero-order valence-electron chi connectivity index (χ0n) is 14.6. The zero-order chi connectivity index (χ0) is 15.6. The van der Waals surface area contributed by atoms with Crippen molar-refractivity contribution in [2.24, 2.45) is 0 Å². The average Bonchev–Trinajstić information content (AvgIpc) is 3.05. The molecule has 1 aliphatic heterocycles. The number of rotatable bonds is 8. The van der Waals surface area contributed by atoms with Crippen molar-refractivity contribution in [3.63, 3.8) is 0 Å². The Balaban J connectivity index is 0.00000264. The first-order valence-corrected chi connectivity index (χ1v) is 8.62. The van der Waals surface area contributed by atoms with Crippen molar-refractivity contribution < 1.29 is 0 Å². The molecule has 1 heterocycles. The molecular weight excluding hydrogens is 343 g/mol. The molecule has 0 radical (unpaired) electrons. The summed E-state index contributed by atoms with van der Waals surface area (Å²) in [5.41, 5.74) is 1.21. The second kappa shape index (κ2) is 13.3. The molecule has 0 bridgehead atoms. The van der Waals surface area contributed by atoms with Crippen LogP contribution in [0.4, 0.5) is 0 Å². The number of halogens is 2. The van der Waals surface area contributed by atoms with Crippen LogP contribution in [0.25, 0.3) is 0 Å². The highest BCUT2D eigenvalue weighted by Gasteiger charge is 2.10. The van der Waals surface area contributed by atoms with Gasteiger partial charge in [0, 0.05) is 6.54 Å². The van der Waals surface area contributed by atoms with Crippen molar-refractivity contribution in [3.8, 4) is 0 Å². The summed E-state index contributed by atoms with van der Waals surface area (Å²) in [5, 5.41) is 14.3. The first-order valence-electron chi connectivity index (χ1n) is 8.62. The highest BCUT2D eigenvalue weighted by molar-refractivity contribution is 5.85.